The first kappa shape index (κ1) is 17.5. The van der Waals surface area contributed by atoms with E-state index >= 15 is 0 Å². The fourth-order valence-corrected chi connectivity index (χ4v) is 2.56. The first-order valence-electron chi connectivity index (χ1n) is 7.30. The fourth-order valence-electron chi connectivity index (χ4n) is 2.09. The van der Waals surface area contributed by atoms with Gasteiger partial charge in [0.2, 0.25) is 0 Å². The van der Waals surface area contributed by atoms with Gasteiger partial charge in [-0.1, -0.05) is 24.3 Å². The van der Waals surface area contributed by atoms with Crippen molar-refractivity contribution in [2.75, 3.05) is 19.3 Å². The molecule has 0 fully saturated rings. The van der Waals surface area contributed by atoms with Crippen LogP contribution in [0, 0.1) is 0 Å². The number of alkyl halides is 2. The van der Waals surface area contributed by atoms with Gasteiger partial charge in [-0.3, -0.25) is 4.99 Å². The molecule has 1 N–H and O–H groups in total. The van der Waals surface area contributed by atoms with E-state index in [1.165, 1.54) is 12.1 Å². The molecule has 6 heteroatoms. The van der Waals surface area contributed by atoms with E-state index in [0.29, 0.717) is 5.25 Å². The predicted molar refractivity (Wildman–Crippen MR) is 93.5 cm³/mol. The molecule has 1 heterocycles. The molecule has 0 amide bonds. The van der Waals surface area contributed by atoms with Gasteiger partial charge in [0.1, 0.15) is 11.6 Å². The van der Waals surface area contributed by atoms with E-state index in [1.807, 2.05) is 36.9 Å². The summed E-state index contributed by atoms with van der Waals surface area (Å²) in [7, 11) is 0. The number of hydrogen-bond acceptors (Lipinski definition) is 4. The second kappa shape index (κ2) is 8.72. The molecule has 3 nitrogen and oxygen atoms in total. The molecule has 0 saturated heterocycles. The number of hydrogen-bond donors (Lipinski definition) is 1. The topological polar surface area (TPSA) is 33.6 Å². The van der Waals surface area contributed by atoms with Gasteiger partial charge in [-0.25, -0.2) is 0 Å². The van der Waals surface area contributed by atoms with Gasteiger partial charge in [-0.15, -0.1) is 0 Å². The van der Waals surface area contributed by atoms with Crippen LogP contribution in [0.15, 0.2) is 47.5 Å². The van der Waals surface area contributed by atoms with Gasteiger partial charge in [-0.05, 0) is 42.5 Å². The molecule has 0 saturated carbocycles. The number of benzene rings is 1. The van der Waals surface area contributed by atoms with Crippen molar-refractivity contribution in [3.8, 4) is 5.75 Å². The molecule has 1 aliphatic heterocycles. The molecule has 1 aromatic carbocycles. The molecule has 0 spiro atoms. The lowest BCUT2D eigenvalue weighted by molar-refractivity contribution is -0.0498. The van der Waals surface area contributed by atoms with Gasteiger partial charge in [0, 0.05) is 11.8 Å². The highest BCUT2D eigenvalue weighted by molar-refractivity contribution is 7.99. The largest absolute Gasteiger partial charge is 0.435 e. The number of aliphatic imine (C=N–C) groups is 1. The summed E-state index contributed by atoms with van der Waals surface area (Å²) in [5.74, 6) is 1.05. The average molecular weight is 338 g/mol. The predicted octanol–water partition coefficient (Wildman–Crippen LogP) is 3.98. The Morgan fingerprint density at radius 3 is 2.70 bits per heavy atom. The number of rotatable bonds is 6. The van der Waals surface area contributed by atoms with Crippen molar-refractivity contribution in [1.82, 2.24) is 5.32 Å². The third-order valence-corrected chi connectivity index (χ3v) is 4.43. The van der Waals surface area contributed by atoms with Gasteiger partial charge in [-0.2, -0.15) is 20.5 Å². The van der Waals surface area contributed by atoms with Crippen LogP contribution in [0.25, 0.3) is 5.57 Å². The highest BCUT2D eigenvalue weighted by atomic mass is 32.2. The number of thioether (sulfide) groups is 1. The maximum absolute atomic E-state index is 12.1. The number of amidine groups is 1. The summed E-state index contributed by atoms with van der Waals surface area (Å²) in [6.07, 6.45) is 7.93. The molecule has 1 unspecified atom stereocenters. The van der Waals surface area contributed by atoms with Crippen LogP contribution in [0.5, 0.6) is 5.75 Å². The quantitative estimate of drug-likeness (QED) is 0.797. The minimum atomic E-state index is -2.80. The Kier molecular flexibility index (Phi) is 6.65. The maximum Gasteiger partial charge on any atom is 0.387 e. The van der Waals surface area contributed by atoms with Crippen LogP contribution in [-0.4, -0.2) is 37.0 Å². The molecule has 2 rings (SSSR count). The monoisotopic (exact) mass is 338 g/mol. The summed E-state index contributed by atoms with van der Waals surface area (Å²) in [4.78, 5) is 4.47. The smallest absolute Gasteiger partial charge is 0.387 e. The molecule has 0 aliphatic carbocycles. The van der Waals surface area contributed by atoms with Crippen LogP contribution in [0.2, 0.25) is 0 Å². The van der Waals surface area contributed by atoms with Crippen LogP contribution < -0.4 is 10.1 Å². The zero-order chi connectivity index (χ0) is 16.7. The van der Waals surface area contributed by atoms with Gasteiger partial charge in [0.25, 0.3) is 0 Å². The second-order valence-electron chi connectivity index (χ2n) is 5.08. The molecule has 1 aromatic rings. The molecular formula is C17H20F2N2OS. The normalized spacial score (nSPS) is 18.9. The summed E-state index contributed by atoms with van der Waals surface area (Å²) in [6, 6.07) is 6.60. The second-order valence-corrected chi connectivity index (χ2v) is 6.21. The van der Waals surface area contributed by atoms with E-state index in [1.54, 1.807) is 12.1 Å². The Bertz CT molecular complexity index is 597. The summed E-state index contributed by atoms with van der Waals surface area (Å²) in [5.41, 5.74) is 1.99. The summed E-state index contributed by atoms with van der Waals surface area (Å²) < 4.78 is 28.6. The molecule has 0 radical (unpaired) electrons. The minimum Gasteiger partial charge on any atom is -0.435 e. The standard InChI is InChI=1S/C17H20F2N2OS/c1-12(13-6-8-14(9-7-13)22-17(18)19)4-3-5-16-20-10-15(23-2)11-21-16/h3-9,15,17H,10-11H2,1-2H3,(H,20,21)/b5-3+,12-4+. The van der Waals surface area contributed by atoms with Crippen LogP contribution in [0.3, 0.4) is 0 Å². The third-order valence-electron chi connectivity index (χ3n) is 3.44. The van der Waals surface area contributed by atoms with E-state index in [-0.39, 0.29) is 5.75 Å². The Hall–Kier alpha value is -1.82. The van der Waals surface area contributed by atoms with Crippen molar-refractivity contribution in [1.29, 1.82) is 0 Å². The van der Waals surface area contributed by atoms with Crippen molar-refractivity contribution < 1.29 is 13.5 Å². The molecule has 1 atom stereocenters. The van der Waals surface area contributed by atoms with Crippen LogP contribution in [-0.2, 0) is 0 Å². The Balaban J connectivity index is 1.94. The summed E-state index contributed by atoms with van der Waals surface area (Å²) in [6.45, 7) is 0.934. The zero-order valence-electron chi connectivity index (χ0n) is 13.1. The zero-order valence-corrected chi connectivity index (χ0v) is 13.9. The van der Waals surface area contributed by atoms with Gasteiger partial charge in [0.05, 0.1) is 6.54 Å². The number of nitrogens with zero attached hydrogens (tertiary/aromatic N) is 1. The number of allylic oxidation sites excluding steroid dienone is 3. The lowest BCUT2D eigenvalue weighted by Crippen LogP contribution is -2.36. The van der Waals surface area contributed by atoms with Gasteiger partial charge < -0.3 is 10.1 Å². The molecule has 0 bridgehead atoms. The van der Waals surface area contributed by atoms with Crippen molar-refractivity contribution in [2.24, 2.45) is 4.99 Å². The number of nitrogens with one attached hydrogen (secondary N) is 1. The SMILES string of the molecule is CSC1CN=C(/C=C/C=C(\C)c2ccc(OC(F)F)cc2)NC1. The first-order chi connectivity index (χ1) is 11.1. The van der Waals surface area contributed by atoms with Crippen LogP contribution >= 0.6 is 11.8 Å². The maximum atomic E-state index is 12.1. The number of halogens is 2. The van der Waals surface area contributed by atoms with Crippen molar-refractivity contribution >= 4 is 23.2 Å². The van der Waals surface area contributed by atoms with Gasteiger partial charge in [0.15, 0.2) is 0 Å². The Morgan fingerprint density at radius 2 is 2.13 bits per heavy atom. The van der Waals surface area contributed by atoms with Gasteiger partial charge >= 0.3 is 6.61 Å². The lowest BCUT2D eigenvalue weighted by Gasteiger charge is -2.19. The van der Waals surface area contributed by atoms with Crippen LogP contribution in [0.1, 0.15) is 12.5 Å². The number of ether oxygens (including phenoxy) is 1. The average Bonchev–Trinajstić information content (AvgIpc) is 2.55. The highest BCUT2D eigenvalue weighted by Gasteiger charge is 2.11. The minimum absolute atomic E-state index is 0.163. The molecular weight excluding hydrogens is 318 g/mol. The van der Waals surface area contributed by atoms with Crippen LogP contribution in [0.4, 0.5) is 8.78 Å². The van der Waals surface area contributed by atoms with Crippen molar-refractivity contribution in [2.45, 2.75) is 18.8 Å². The van der Waals surface area contributed by atoms with Crippen molar-refractivity contribution in [3.05, 3.63) is 48.1 Å². The molecule has 124 valence electrons. The molecule has 0 aromatic heterocycles. The summed E-state index contributed by atoms with van der Waals surface area (Å²) in [5, 5.41) is 3.82. The van der Waals surface area contributed by atoms with Crippen molar-refractivity contribution in [3.63, 3.8) is 0 Å². The summed E-state index contributed by atoms with van der Waals surface area (Å²) >= 11 is 1.82. The fraction of sp³-hybridized carbons (Fsp3) is 0.353. The van der Waals surface area contributed by atoms with E-state index in [9.17, 15) is 8.78 Å². The third kappa shape index (κ3) is 5.71. The lowest BCUT2D eigenvalue weighted by atomic mass is 10.1. The highest BCUT2D eigenvalue weighted by Crippen LogP contribution is 2.19. The molecule has 1 aliphatic rings. The van der Waals surface area contributed by atoms with E-state index < -0.39 is 6.61 Å². The Labute approximate surface area is 139 Å². The van der Waals surface area contributed by atoms with E-state index in [0.717, 1.165) is 30.1 Å². The molecule has 23 heavy (non-hydrogen) atoms. The van der Waals surface area contributed by atoms with E-state index in [2.05, 4.69) is 21.3 Å². The van der Waals surface area contributed by atoms with E-state index in [4.69, 9.17) is 0 Å². The first-order valence-corrected chi connectivity index (χ1v) is 8.58. The Morgan fingerprint density at radius 1 is 1.39 bits per heavy atom.